The van der Waals surface area contributed by atoms with E-state index in [1.807, 2.05) is 4.90 Å². The second kappa shape index (κ2) is 2.38. The molecule has 72 valence electrons. The van der Waals surface area contributed by atoms with E-state index in [1.165, 1.54) is 0 Å². The minimum atomic E-state index is 0.125. The third-order valence-electron chi connectivity index (χ3n) is 3.48. The summed E-state index contributed by atoms with van der Waals surface area (Å²) in [5.74, 6) is 0. The van der Waals surface area contributed by atoms with Gasteiger partial charge in [0.05, 0.1) is 13.2 Å². The van der Waals surface area contributed by atoms with E-state index in [4.69, 9.17) is 4.74 Å². The highest BCUT2D eigenvalue weighted by Gasteiger charge is 2.52. The molecule has 13 heavy (non-hydrogen) atoms. The van der Waals surface area contributed by atoms with E-state index in [0.29, 0.717) is 11.5 Å². The average Bonchev–Trinajstić information content (AvgIpc) is 2.30. The summed E-state index contributed by atoms with van der Waals surface area (Å²) in [4.78, 5) is 13.3. The van der Waals surface area contributed by atoms with Gasteiger partial charge >= 0.3 is 6.03 Å². The first-order valence-corrected chi connectivity index (χ1v) is 4.91. The molecule has 3 aliphatic rings. The molecule has 2 amide bonds. The second-order valence-electron chi connectivity index (χ2n) is 4.48. The minimum Gasteiger partial charge on any atom is -0.380 e. The molecule has 1 N–H and O–H groups in total. The summed E-state index contributed by atoms with van der Waals surface area (Å²) < 4.78 is 5.20. The van der Waals surface area contributed by atoms with Gasteiger partial charge in [0.15, 0.2) is 0 Å². The Morgan fingerprint density at radius 3 is 2.69 bits per heavy atom. The fourth-order valence-corrected chi connectivity index (χ4v) is 2.62. The monoisotopic (exact) mass is 182 g/mol. The lowest BCUT2D eigenvalue weighted by Gasteiger charge is -2.55. The Kier molecular flexibility index (Phi) is 1.39. The average molecular weight is 182 g/mol. The molecule has 0 aromatic carbocycles. The Balaban J connectivity index is 1.60. The molecule has 4 heteroatoms. The van der Waals surface area contributed by atoms with Gasteiger partial charge in [0.2, 0.25) is 0 Å². The zero-order valence-electron chi connectivity index (χ0n) is 7.58. The first kappa shape index (κ1) is 7.62. The lowest BCUT2D eigenvalue weighted by atomic mass is 9.63. The van der Waals surface area contributed by atoms with Crippen LogP contribution in [-0.4, -0.2) is 43.3 Å². The fourth-order valence-electron chi connectivity index (χ4n) is 2.62. The topological polar surface area (TPSA) is 41.6 Å². The number of ether oxygens (including phenoxy) is 1. The van der Waals surface area contributed by atoms with Crippen LogP contribution >= 0.6 is 0 Å². The third-order valence-corrected chi connectivity index (χ3v) is 3.48. The van der Waals surface area contributed by atoms with Crippen LogP contribution in [0.3, 0.4) is 0 Å². The predicted molar refractivity (Wildman–Crippen MR) is 46.4 cm³/mol. The molecule has 2 saturated heterocycles. The molecular formula is C9H14N2O2. The molecule has 0 atom stereocenters. The molecule has 1 spiro atoms. The first-order valence-electron chi connectivity index (χ1n) is 4.91. The van der Waals surface area contributed by atoms with Crippen molar-refractivity contribution in [1.29, 1.82) is 0 Å². The SMILES string of the molecule is O=C1NCCN1C1CC2(COC2)C1. The van der Waals surface area contributed by atoms with Crippen LogP contribution in [0.2, 0.25) is 0 Å². The normalized spacial score (nSPS) is 31.4. The van der Waals surface area contributed by atoms with Crippen LogP contribution in [0.25, 0.3) is 0 Å². The van der Waals surface area contributed by atoms with Gasteiger partial charge in [0.25, 0.3) is 0 Å². The highest BCUT2D eigenvalue weighted by molar-refractivity contribution is 5.76. The van der Waals surface area contributed by atoms with Crippen molar-refractivity contribution in [1.82, 2.24) is 10.2 Å². The van der Waals surface area contributed by atoms with Crippen LogP contribution < -0.4 is 5.32 Å². The van der Waals surface area contributed by atoms with Gasteiger partial charge in [-0.1, -0.05) is 0 Å². The van der Waals surface area contributed by atoms with Crippen molar-refractivity contribution in [3.63, 3.8) is 0 Å². The van der Waals surface area contributed by atoms with Crippen LogP contribution in [0.1, 0.15) is 12.8 Å². The molecule has 1 saturated carbocycles. The summed E-state index contributed by atoms with van der Waals surface area (Å²) in [5.41, 5.74) is 0.466. The van der Waals surface area contributed by atoms with Crippen molar-refractivity contribution in [3.8, 4) is 0 Å². The number of carbonyl (C=O) groups is 1. The maximum atomic E-state index is 11.3. The van der Waals surface area contributed by atoms with Gasteiger partial charge in [0.1, 0.15) is 0 Å². The minimum absolute atomic E-state index is 0.125. The number of hydrogen-bond acceptors (Lipinski definition) is 2. The van der Waals surface area contributed by atoms with Crippen LogP contribution in [0, 0.1) is 5.41 Å². The molecule has 0 unspecified atom stereocenters. The van der Waals surface area contributed by atoms with E-state index in [-0.39, 0.29) is 6.03 Å². The third kappa shape index (κ3) is 0.981. The zero-order chi connectivity index (χ0) is 8.89. The van der Waals surface area contributed by atoms with Crippen molar-refractivity contribution >= 4 is 6.03 Å². The summed E-state index contributed by atoms with van der Waals surface area (Å²) in [6, 6.07) is 0.617. The summed E-state index contributed by atoms with van der Waals surface area (Å²) in [5, 5.41) is 2.84. The highest BCUT2D eigenvalue weighted by Crippen LogP contribution is 2.49. The van der Waals surface area contributed by atoms with Crippen LogP contribution in [0.15, 0.2) is 0 Å². The molecule has 2 heterocycles. The van der Waals surface area contributed by atoms with Crippen molar-refractivity contribution in [2.75, 3.05) is 26.3 Å². The molecular weight excluding hydrogens is 168 g/mol. The molecule has 0 aromatic rings. The Morgan fingerprint density at radius 1 is 1.46 bits per heavy atom. The molecule has 0 bridgehead atoms. The molecule has 3 fully saturated rings. The molecule has 4 nitrogen and oxygen atoms in total. The number of urea groups is 1. The van der Waals surface area contributed by atoms with E-state index in [9.17, 15) is 4.79 Å². The number of nitrogens with zero attached hydrogens (tertiary/aromatic N) is 1. The standard InChI is InChI=1S/C9H14N2O2/c12-8-10-1-2-11(8)7-3-9(4-7)5-13-6-9/h7H,1-6H2,(H,10,12). The van der Waals surface area contributed by atoms with Crippen LogP contribution in [0.4, 0.5) is 4.79 Å². The van der Waals surface area contributed by atoms with E-state index >= 15 is 0 Å². The van der Waals surface area contributed by atoms with Crippen molar-refractivity contribution in [2.45, 2.75) is 18.9 Å². The summed E-state index contributed by atoms with van der Waals surface area (Å²) >= 11 is 0. The maximum Gasteiger partial charge on any atom is 0.317 e. The summed E-state index contributed by atoms with van der Waals surface area (Å²) in [6.07, 6.45) is 2.31. The van der Waals surface area contributed by atoms with Crippen LogP contribution in [0.5, 0.6) is 0 Å². The number of carbonyl (C=O) groups excluding carboxylic acids is 1. The van der Waals surface area contributed by atoms with Gasteiger partial charge in [-0.25, -0.2) is 4.79 Å². The Bertz CT molecular complexity index is 242. The number of amides is 2. The molecule has 2 aliphatic heterocycles. The van der Waals surface area contributed by atoms with E-state index < -0.39 is 0 Å². The molecule has 3 rings (SSSR count). The van der Waals surface area contributed by atoms with Gasteiger partial charge < -0.3 is 15.0 Å². The van der Waals surface area contributed by atoms with Gasteiger partial charge in [-0.2, -0.15) is 0 Å². The summed E-state index contributed by atoms with van der Waals surface area (Å²) in [6.45, 7) is 3.54. The van der Waals surface area contributed by atoms with E-state index in [1.54, 1.807) is 0 Å². The van der Waals surface area contributed by atoms with Crippen molar-refractivity contribution in [3.05, 3.63) is 0 Å². The smallest absolute Gasteiger partial charge is 0.317 e. The number of nitrogens with one attached hydrogen (secondary N) is 1. The van der Waals surface area contributed by atoms with Crippen LogP contribution in [-0.2, 0) is 4.74 Å². The Hall–Kier alpha value is -0.770. The van der Waals surface area contributed by atoms with E-state index in [0.717, 1.165) is 39.1 Å². The van der Waals surface area contributed by atoms with Crippen molar-refractivity contribution in [2.24, 2.45) is 5.41 Å². The number of rotatable bonds is 1. The lowest BCUT2D eigenvalue weighted by molar-refractivity contribution is -0.178. The van der Waals surface area contributed by atoms with Gasteiger partial charge in [-0.15, -0.1) is 0 Å². The largest absolute Gasteiger partial charge is 0.380 e. The first-order chi connectivity index (χ1) is 6.29. The molecule has 0 radical (unpaired) electrons. The Morgan fingerprint density at radius 2 is 2.23 bits per heavy atom. The number of hydrogen-bond donors (Lipinski definition) is 1. The fraction of sp³-hybridized carbons (Fsp3) is 0.889. The van der Waals surface area contributed by atoms with E-state index in [2.05, 4.69) is 5.32 Å². The molecule has 0 aromatic heterocycles. The second-order valence-corrected chi connectivity index (χ2v) is 4.48. The zero-order valence-corrected chi connectivity index (χ0v) is 7.58. The Labute approximate surface area is 77.2 Å². The molecule has 1 aliphatic carbocycles. The maximum absolute atomic E-state index is 11.3. The van der Waals surface area contributed by atoms with Gasteiger partial charge in [0, 0.05) is 24.5 Å². The van der Waals surface area contributed by atoms with Crippen molar-refractivity contribution < 1.29 is 9.53 Å². The van der Waals surface area contributed by atoms with Gasteiger partial charge in [-0.05, 0) is 12.8 Å². The predicted octanol–water partition coefficient (Wildman–Crippen LogP) is 0.191. The van der Waals surface area contributed by atoms with Gasteiger partial charge in [-0.3, -0.25) is 0 Å². The summed E-state index contributed by atoms with van der Waals surface area (Å²) in [7, 11) is 0. The highest BCUT2D eigenvalue weighted by atomic mass is 16.5. The quantitative estimate of drug-likeness (QED) is 0.629. The lowest BCUT2D eigenvalue weighted by Crippen LogP contribution is -2.60.